The van der Waals surface area contributed by atoms with Crippen molar-refractivity contribution in [3.63, 3.8) is 0 Å². The molecule has 1 aromatic heterocycles. The minimum atomic E-state index is 0.475. The number of aryl methyl sites for hydroxylation is 1. The molecule has 0 amide bonds. The standard InChI is InChI=1S/C10H12OS/c1-2-4-10-7(3-1)8(6-12-10)9-5-11-9/h6,9H,1-5H2/t9-/m0/s1. The predicted molar refractivity (Wildman–Crippen MR) is 49.7 cm³/mol. The highest BCUT2D eigenvalue weighted by Crippen LogP contribution is 2.39. The van der Waals surface area contributed by atoms with Crippen LogP contribution in [0.1, 0.15) is 34.9 Å². The lowest BCUT2D eigenvalue weighted by molar-refractivity contribution is 0.414. The van der Waals surface area contributed by atoms with E-state index < -0.39 is 0 Å². The van der Waals surface area contributed by atoms with Crippen molar-refractivity contribution in [2.75, 3.05) is 6.61 Å². The van der Waals surface area contributed by atoms with Gasteiger partial charge < -0.3 is 4.74 Å². The highest BCUT2D eigenvalue weighted by Gasteiger charge is 2.30. The average Bonchev–Trinajstić information content (AvgIpc) is 2.86. The minimum Gasteiger partial charge on any atom is -0.368 e. The van der Waals surface area contributed by atoms with Crippen molar-refractivity contribution >= 4 is 11.3 Å². The van der Waals surface area contributed by atoms with E-state index in [-0.39, 0.29) is 0 Å². The molecule has 64 valence electrons. The maximum atomic E-state index is 5.33. The van der Waals surface area contributed by atoms with Gasteiger partial charge in [-0.3, -0.25) is 0 Å². The Hall–Kier alpha value is -0.340. The molecule has 2 aliphatic rings. The lowest BCUT2D eigenvalue weighted by Gasteiger charge is -2.11. The first-order valence-corrected chi connectivity index (χ1v) is 5.54. The van der Waals surface area contributed by atoms with E-state index in [4.69, 9.17) is 4.74 Å². The Morgan fingerprint density at radius 1 is 1.33 bits per heavy atom. The summed E-state index contributed by atoms with van der Waals surface area (Å²) in [7, 11) is 0. The Morgan fingerprint density at radius 2 is 2.17 bits per heavy atom. The molecule has 3 rings (SSSR count). The first-order valence-electron chi connectivity index (χ1n) is 4.66. The summed E-state index contributed by atoms with van der Waals surface area (Å²) < 4.78 is 5.33. The van der Waals surface area contributed by atoms with Gasteiger partial charge in [0.25, 0.3) is 0 Å². The topological polar surface area (TPSA) is 12.5 Å². The number of hydrogen-bond acceptors (Lipinski definition) is 2. The Bertz CT molecular complexity index is 299. The first-order chi connectivity index (χ1) is 5.95. The Labute approximate surface area is 76.4 Å². The van der Waals surface area contributed by atoms with Crippen molar-refractivity contribution in [1.82, 2.24) is 0 Å². The van der Waals surface area contributed by atoms with Crippen LogP contribution in [0.3, 0.4) is 0 Å². The van der Waals surface area contributed by atoms with Crippen LogP contribution in [0.5, 0.6) is 0 Å². The van der Waals surface area contributed by atoms with E-state index in [1.165, 1.54) is 31.2 Å². The molecule has 0 bridgehead atoms. The molecule has 1 atom stereocenters. The zero-order valence-electron chi connectivity index (χ0n) is 7.01. The van der Waals surface area contributed by atoms with Crippen molar-refractivity contribution in [3.8, 4) is 0 Å². The molecule has 2 heteroatoms. The zero-order chi connectivity index (χ0) is 7.97. The normalized spacial score (nSPS) is 26.8. The molecule has 1 aliphatic heterocycles. The fourth-order valence-corrected chi connectivity index (χ4v) is 3.20. The van der Waals surface area contributed by atoms with Crippen LogP contribution < -0.4 is 0 Å². The van der Waals surface area contributed by atoms with Crippen molar-refractivity contribution in [1.29, 1.82) is 0 Å². The highest BCUT2D eigenvalue weighted by atomic mass is 32.1. The number of rotatable bonds is 1. The molecular weight excluding hydrogens is 168 g/mol. The van der Waals surface area contributed by atoms with E-state index >= 15 is 0 Å². The smallest absolute Gasteiger partial charge is 0.107 e. The predicted octanol–water partition coefficient (Wildman–Crippen LogP) is 2.70. The second kappa shape index (κ2) is 2.57. The van der Waals surface area contributed by atoms with Gasteiger partial charge in [0.1, 0.15) is 6.10 Å². The number of fused-ring (bicyclic) bond motifs is 1. The fourth-order valence-electron chi connectivity index (χ4n) is 2.02. The van der Waals surface area contributed by atoms with Crippen molar-refractivity contribution in [3.05, 3.63) is 21.4 Å². The first kappa shape index (κ1) is 7.10. The molecule has 1 fully saturated rings. The van der Waals surface area contributed by atoms with Gasteiger partial charge in [0, 0.05) is 4.88 Å². The maximum Gasteiger partial charge on any atom is 0.107 e. The third-order valence-corrected chi connectivity index (χ3v) is 3.88. The molecule has 1 aliphatic carbocycles. The van der Waals surface area contributed by atoms with E-state index in [9.17, 15) is 0 Å². The van der Waals surface area contributed by atoms with E-state index in [1.807, 2.05) is 11.3 Å². The van der Waals surface area contributed by atoms with E-state index in [0.717, 1.165) is 6.61 Å². The van der Waals surface area contributed by atoms with Gasteiger partial charge >= 0.3 is 0 Å². The van der Waals surface area contributed by atoms with E-state index in [1.54, 1.807) is 10.4 Å². The van der Waals surface area contributed by atoms with Crippen LogP contribution >= 0.6 is 11.3 Å². The molecule has 0 aromatic carbocycles. The molecule has 0 radical (unpaired) electrons. The summed E-state index contributed by atoms with van der Waals surface area (Å²) in [4.78, 5) is 1.63. The summed E-state index contributed by atoms with van der Waals surface area (Å²) >= 11 is 1.94. The molecule has 1 nitrogen and oxygen atoms in total. The molecule has 0 N–H and O–H groups in total. The zero-order valence-corrected chi connectivity index (χ0v) is 7.82. The summed E-state index contributed by atoms with van der Waals surface area (Å²) in [6.45, 7) is 0.961. The van der Waals surface area contributed by atoms with Gasteiger partial charge in [-0.15, -0.1) is 11.3 Å². The molecule has 1 saturated heterocycles. The molecule has 1 aromatic rings. The highest BCUT2D eigenvalue weighted by molar-refractivity contribution is 7.10. The average molecular weight is 180 g/mol. The van der Waals surface area contributed by atoms with Crippen LogP contribution in [0.2, 0.25) is 0 Å². The minimum absolute atomic E-state index is 0.475. The lowest BCUT2D eigenvalue weighted by Crippen LogP contribution is -2.00. The molecule has 2 heterocycles. The monoisotopic (exact) mass is 180 g/mol. The van der Waals surface area contributed by atoms with E-state index in [2.05, 4.69) is 5.38 Å². The van der Waals surface area contributed by atoms with Crippen molar-refractivity contribution < 1.29 is 4.74 Å². The Balaban J connectivity index is 2.03. The molecule has 0 spiro atoms. The van der Waals surface area contributed by atoms with Crippen LogP contribution in [-0.2, 0) is 17.6 Å². The lowest BCUT2D eigenvalue weighted by atomic mass is 9.95. The summed E-state index contributed by atoms with van der Waals surface area (Å²) in [6, 6.07) is 0. The summed E-state index contributed by atoms with van der Waals surface area (Å²) in [6.07, 6.45) is 5.85. The third-order valence-electron chi connectivity index (χ3n) is 2.77. The van der Waals surface area contributed by atoms with Gasteiger partial charge in [0.15, 0.2) is 0 Å². The number of ether oxygens (including phenoxy) is 1. The summed E-state index contributed by atoms with van der Waals surface area (Å²) in [5.74, 6) is 0. The van der Waals surface area contributed by atoms with Gasteiger partial charge in [-0.1, -0.05) is 0 Å². The van der Waals surface area contributed by atoms with Gasteiger partial charge in [-0.2, -0.15) is 0 Å². The maximum absolute atomic E-state index is 5.33. The van der Waals surface area contributed by atoms with Gasteiger partial charge in [-0.25, -0.2) is 0 Å². The molecular formula is C10H12OS. The van der Waals surface area contributed by atoms with Gasteiger partial charge in [-0.05, 0) is 42.2 Å². The molecule has 0 saturated carbocycles. The largest absolute Gasteiger partial charge is 0.368 e. The number of epoxide rings is 1. The van der Waals surface area contributed by atoms with Crippen LogP contribution in [-0.4, -0.2) is 6.61 Å². The number of hydrogen-bond donors (Lipinski definition) is 0. The second-order valence-electron chi connectivity index (χ2n) is 3.62. The van der Waals surface area contributed by atoms with Gasteiger partial charge in [0.2, 0.25) is 0 Å². The summed E-state index contributed by atoms with van der Waals surface area (Å²) in [5.41, 5.74) is 3.14. The molecule has 0 unspecified atom stereocenters. The van der Waals surface area contributed by atoms with Crippen LogP contribution in [0.4, 0.5) is 0 Å². The van der Waals surface area contributed by atoms with Crippen LogP contribution in [0.15, 0.2) is 5.38 Å². The fraction of sp³-hybridized carbons (Fsp3) is 0.600. The van der Waals surface area contributed by atoms with Crippen LogP contribution in [0, 0.1) is 0 Å². The van der Waals surface area contributed by atoms with E-state index in [0.29, 0.717) is 6.10 Å². The van der Waals surface area contributed by atoms with Crippen molar-refractivity contribution in [2.24, 2.45) is 0 Å². The Morgan fingerprint density at radius 3 is 3.00 bits per heavy atom. The summed E-state index contributed by atoms with van der Waals surface area (Å²) in [5, 5.41) is 2.31. The second-order valence-corrected chi connectivity index (χ2v) is 4.59. The van der Waals surface area contributed by atoms with Crippen LogP contribution in [0.25, 0.3) is 0 Å². The van der Waals surface area contributed by atoms with Crippen molar-refractivity contribution in [2.45, 2.75) is 31.8 Å². The third kappa shape index (κ3) is 1.02. The SMILES string of the molecule is c1sc2c(c1[C@@H]1CO1)CCCC2. The number of thiophene rings is 1. The Kier molecular flexibility index (Phi) is 1.52. The quantitative estimate of drug-likeness (QED) is 0.605. The molecule has 12 heavy (non-hydrogen) atoms. The van der Waals surface area contributed by atoms with Gasteiger partial charge in [0.05, 0.1) is 6.61 Å².